The number of hydrogen-bond acceptors (Lipinski definition) is 3. The van der Waals surface area contributed by atoms with Crippen LogP contribution in [0.25, 0.3) is 5.69 Å². The van der Waals surface area contributed by atoms with E-state index >= 15 is 0 Å². The quantitative estimate of drug-likeness (QED) is 0.912. The van der Waals surface area contributed by atoms with Crippen molar-refractivity contribution in [1.29, 1.82) is 0 Å². The fourth-order valence-electron chi connectivity index (χ4n) is 2.88. The van der Waals surface area contributed by atoms with Gasteiger partial charge < -0.3 is 10.0 Å². The molecule has 1 aromatic heterocycles. The Balaban J connectivity index is 1.77. The van der Waals surface area contributed by atoms with Crippen LogP contribution in [0, 0.1) is 12.7 Å². The maximum Gasteiger partial charge on any atom is 0.323 e. The number of aryl methyl sites for hydroxylation is 1. The summed E-state index contributed by atoms with van der Waals surface area (Å²) in [4.78, 5) is 13.9. The van der Waals surface area contributed by atoms with E-state index in [0.29, 0.717) is 18.1 Å². The lowest BCUT2D eigenvalue weighted by Crippen LogP contribution is -2.40. The first-order chi connectivity index (χ1) is 11.1. The van der Waals surface area contributed by atoms with E-state index < -0.39 is 0 Å². The van der Waals surface area contributed by atoms with Gasteiger partial charge in [-0.05, 0) is 38.0 Å². The topological polar surface area (TPSA) is 70.4 Å². The standard InChI is InChI=1S/C16H19FN4O2/c1-11-8-15(18-16(23)20-7-3-6-14(20)10-22)19-21(11)13-5-2-4-12(17)9-13/h2,4-5,8-9,14,22H,3,6-7,10H2,1H3,(H,18,19,23)/t14-/m0/s1. The maximum absolute atomic E-state index is 13.3. The third-order valence-corrected chi connectivity index (χ3v) is 4.02. The summed E-state index contributed by atoms with van der Waals surface area (Å²) in [7, 11) is 0. The lowest BCUT2D eigenvalue weighted by atomic mass is 10.2. The molecule has 1 aliphatic heterocycles. The number of carbonyl (C=O) groups excluding carboxylic acids is 1. The molecule has 0 radical (unpaired) electrons. The van der Waals surface area contributed by atoms with E-state index in [1.807, 2.05) is 6.92 Å². The Labute approximate surface area is 133 Å². The van der Waals surface area contributed by atoms with E-state index in [-0.39, 0.29) is 24.5 Å². The van der Waals surface area contributed by atoms with E-state index in [0.717, 1.165) is 18.5 Å². The van der Waals surface area contributed by atoms with Crippen LogP contribution in [0.1, 0.15) is 18.5 Å². The van der Waals surface area contributed by atoms with Gasteiger partial charge in [0.25, 0.3) is 0 Å². The highest BCUT2D eigenvalue weighted by Crippen LogP contribution is 2.20. The molecule has 0 spiro atoms. The van der Waals surface area contributed by atoms with Gasteiger partial charge in [-0.3, -0.25) is 5.32 Å². The summed E-state index contributed by atoms with van der Waals surface area (Å²) in [5.41, 5.74) is 1.38. The lowest BCUT2D eigenvalue weighted by molar-refractivity contribution is 0.166. The van der Waals surface area contributed by atoms with Crippen molar-refractivity contribution in [1.82, 2.24) is 14.7 Å². The number of aromatic nitrogens is 2. The molecule has 7 heteroatoms. The zero-order valence-electron chi connectivity index (χ0n) is 12.9. The number of hydrogen-bond donors (Lipinski definition) is 2. The summed E-state index contributed by atoms with van der Waals surface area (Å²) in [5.74, 6) is 0.0613. The van der Waals surface area contributed by atoms with E-state index in [9.17, 15) is 14.3 Å². The zero-order valence-corrected chi connectivity index (χ0v) is 12.9. The van der Waals surface area contributed by atoms with E-state index in [4.69, 9.17) is 0 Å². The second-order valence-corrected chi connectivity index (χ2v) is 5.66. The number of nitrogens with zero attached hydrogens (tertiary/aromatic N) is 3. The molecule has 1 saturated heterocycles. The van der Waals surface area contributed by atoms with E-state index in [1.165, 1.54) is 12.1 Å². The molecule has 6 nitrogen and oxygen atoms in total. The molecule has 1 aromatic carbocycles. The number of amides is 2. The first-order valence-electron chi connectivity index (χ1n) is 7.59. The molecule has 1 atom stereocenters. The van der Waals surface area contributed by atoms with Gasteiger partial charge in [-0.2, -0.15) is 0 Å². The average Bonchev–Trinajstić information content (AvgIpc) is 3.13. The summed E-state index contributed by atoms with van der Waals surface area (Å²) < 4.78 is 14.9. The van der Waals surface area contributed by atoms with E-state index in [2.05, 4.69) is 10.4 Å². The predicted molar refractivity (Wildman–Crippen MR) is 84.1 cm³/mol. The smallest absolute Gasteiger partial charge is 0.323 e. The Morgan fingerprint density at radius 1 is 1.48 bits per heavy atom. The number of rotatable bonds is 3. The summed E-state index contributed by atoms with van der Waals surface area (Å²) in [5, 5.41) is 16.4. The van der Waals surface area contributed by atoms with Crippen LogP contribution in [0.3, 0.4) is 0 Å². The average molecular weight is 318 g/mol. The van der Waals surface area contributed by atoms with Gasteiger partial charge in [0.1, 0.15) is 5.82 Å². The third-order valence-electron chi connectivity index (χ3n) is 4.02. The van der Waals surface area contributed by atoms with Crippen molar-refractivity contribution >= 4 is 11.8 Å². The fraction of sp³-hybridized carbons (Fsp3) is 0.375. The molecule has 0 bridgehead atoms. The van der Waals surface area contributed by atoms with Gasteiger partial charge in [-0.1, -0.05) is 6.07 Å². The van der Waals surface area contributed by atoms with Gasteiger partial charge in [-0.25, -0.2) is 13.9 Å². The largest absolute Gasteiger partial charge is 0.394 e. The van der Waals surface area contributed by atoms with Crippen molar-refractivity contribution in [2.24, 2.45) is 0 Å². The Bertz CT molecular complexity index is 716. The minimum absolute atomic E-state index is 0.0375. The molecular weight excluding hydrogens is 299 g/mol. The first-order valence-corrected chi connectivity index (χ1v) is 7.59. The van der Waals surface area contributed by atoms with Gasteiger partial charge in [0.05, 0.1) is 18.3 Å². The van der Waals surface area contributed by atoms with Gasteiger partial charge in [-0.15, -0.1) is 5.10 Å². The van der Waals surface area contributed by atoms with Crippen molar-refractivity contribution in [3.05, 3.63) is 41.8 Å². The monoisotopic (exact) mass is 318 g/mol. The number of carbonyl (C=O) groups is 1. The molecule has 3 rings (SSSR count). The molecule has 0 saturated carbocycles. The summed E-state index contributed by atoms with van der Waals surface area (Å²) in [6.45, 7) is 2.42. The van der Waals surface area contributed by atoms with Crippen molar-refractivity contribution in [3.8, 4) is 5.69 Å². The first kappa shape index (κ1) is 15.5. The van der Waals surface area contributed by atoms with Crippen LogP contribution in [-0.2, 0) is 0 Å². The number of nitrogens with one attached hydrogen (secondary N) is 1. The lowest BCUT2D eigenvalue weighted by Gasteiger charge is -2.22. The van der Waals surface area contributed by atoms with Crippen molar-refractivity contribution in [2.75, 3.05) is 18.5 Å². The van der Waals surface area contributed by atoms with Gasteiger partial charge in [0.2, 0.25) is 0 Å². The molecule has 1 aliphatic rings. The van der Waals surface area contributed by atoms with Crippen LogP contribution in [0.15, 0.2) is 30.3 Å². The summed E-state index contributed by atoms with van der Waals surface area (Å²) in [6, 6.07) is 7.43. The van der Waals surface area contributed by atoms with Crippen LogP contribution >= 0.6 is 0 Å². The van der Waals surface area contributed by atoms with Gasteiger partial charge >= 0.3 is 6.03 Å². The number of aliphatic hydroxyl groups excluding tert-OH is 1. The predicted octanol–water partition coefficient (Wildman–Crippen LogP) is 2.31. The summed E-state index contributed by atoms with van der Waals surface area (Å²) in [6.07, 6.45) is 1.69. The number of halogens is 1. The molecule has 2 amide bonds. The molecule has 1 fully saturated rings. The normalized spacial score (nSPS) is 17.5. The maximum atomic E-state index is 13.3. The van der Waals surface area contributed by atoms with Crippen LogP contribution < -0.4 is 5.32 Å². The molecule has 0 aliphatic carbocycles. The molecular formula is C16H19FN4O2. The SMILES string of the molecule is Cc1cc(NC(=O)N2CCC[C@H]2CO)nn1-c1cccc(F)c1. The molecule has 2 N–H and O–H groups in total. The Kier molecular flexibility index (Phi) is 4.29. The van der Waals surface area contributed by atoms with E-state index in [1.54, 1.807) is 27.8 Å². The Hall–Kier alpha value is -2.41. The van der Waals surface area contributed by atoms with Crippen LogP contribution in [0.2, 0.25) is 0 Å². The van der Waals surface area contributed by atoms with Crippen LogP contribution in [-0.4, -0.2) is 45.0 Å². The second kappa shape index (κ2) is 6.37. The minimum atomic E-state index is -0.342. The number of urea groups is 1. The van der Waals surface area contributed by atoms with Crippen molar-refractivity contribution < 1.29 is 14.3 Å². The van der Waals surface area contributed by atoms with Crippen molar-refractivity contribution in [3.63, 3.8) is 0 Å². The number of aliphatic hydroxyl groups is 1. The molecule has 2 heterocycles. The minimum Gasteiger partial charge on any atom is -0.394 e. The van der Waals surface area contributed by atoms with Crippen LogP contribution in [0.5, 0.6) is 0 Å². The Morgan fingerprint density at radius 2 is 2.30 bits per heavy atom. The Morgan fingerprint density at radius 3 is 3.04 bits per heavy atom. The van der Waals surface area contributed by atoms with Gasteiger partial charge in [0.15, 0.2) is 5.82 Å². The van der Waals surface area contributed by atoms with Crippen LogP contribution in [0.4, 0.5) is 15.0 Å². The molecule has 0 unspecified atom stereocenters. The number of anilines is 1. The molecule has 23 heavy (non-hydrogen) atoms. The molecule has 2 aromatic rings. The zero-order chi connectivity index (χ0) is 16.4. The highest BCUT2D eigenvalue weighted by Gasteiger charge is 2.28. The molecule has 122 valence electrons. The van der Waals surface area contributed by atoms with Gasteiger partial charge in [0, 0.05) is 18.3 Å². The highest BCUT2D eigenvalue weighted by atomic mass is 19.1. The number of likely N-dealkylation sites (tertiary alicyclic amines) is 1. The third kappa shape index (κ3) is 3.19. The fourth-order valence-corrected chi connectivity index (χ4v) is 2.88. The second-order valence-electron chi connectivity index (χ2n) is 5.66. The number of benzene rings is 1. The van der Waals surface area contributed by atoms with Crippen molar-refractivity contribution in [2.45, 2.75) is 25.8 Å². The highest BCUT2D eigenvalue weighted by molar-refractivity contribution is 5.88. The summed E-state index contributed by atoms with van der Waals surface area (Å²) >= 11 is 0.